The number of benzene rings is 1. The molecule has 1 saturated heterocycles. The summed E-state index contributed by atoms with van der Waals surface area (Å²) >= 11 is 0. The minimum Gasteiger partial charge on any atom is -0.485 e. The van der Waals surface area contributed by atoms with Crippen LogP contribution in [0.4, 0.5) is 0 Å². The van der Waals surface area contributed by atoms with Crippen molar-refractivity contribution in [2.75, 3.05) is 26.7 Å². The molecule has 2 atom stereocenters. The van der Waals surface area contributed by atoms with E-state index in [9.17, 15) is 4.79 Å². The highest BCUT2D eigenvalue weighted by atomic mass is 16.6. The van der Waals surface area contributed by atoms with Crippen molar-refractivity contribution in [1.82, 2.24) is 10.2 Å². The molecular weight excluding hydrogens is 256 g/mol. The molecule has 0 radical (unpaired) electrons. The SMILES string of the molecule is CN(C(=O)C1COc2ccccc2O1)[C@H]1CCCNC1. The number of carbonyl (C=O) groups excluding carboxylic acids is 1. The van der Waals surface area contributed by atoms with Gasteiger partial charge in [0, 0.05) is 19.6 Å². The first kappa shape index (κ1) is 13.2. The van der Waals surface area contributed by atoms with E-state index in [1.54, 1.807) is 4.90 Å². The molecule has 1 fully saturated rings. The van der Waals surface area contributed by atoms with E-state index in [0.717, 1.165) is 25.9 Å². The lowest BCUT2D eigenvalue weighted by Gasteiger charge is -2.35. The van der Waals surface area contributed by atoms with Crippen LogP contribution in [0, 0.1) is 0 Å². The quantitative estimate of drug-likeness (QED) is 0.877. The van der Waals surface area contributed by atoms with Gasteiger partial charge in [0.2, 0.25) is 6.10 Å². The second-order valence-corrected chi connectivity index (χ2v) is 5.31. The predicted molar refractivity (Wildman–Crippen MR) is 75.0 cm³/mol. The summed E-state index contributed by atoms with van der Waals surface area (Å²) in [6.07, 6.45) is 1.60. The first-order valence-corrected chi connectivity index (χ1v) is 7.11. The minimum atomic E-state index is -0.545. The number of ether oxygens (including phenoxy) is 2. The van der Waals surface area contributed by atoms with Crippen LogP contribution in [0.5, 0.6) is 11.5 Å². The average molecular weight is 276 g/mol. The van der Waals surface area contributed by atoms with E-state index in [1.165, 1.54) is 0 Å². The molecule has 0 spiro atoms. The van der Waals surface area contributed by atoms with Crippen molar-refractivity contribution in [2.24, 2.45) is 0 Å². The van der Waals surface area contributed by atoms with Crippen molar-refractivity contribution in [3.8, 4) is 11.5 Å². The fourth-order valence-corrected chi connectivity index (χ4v) is 2.71. The Kier molecular flexibility index (Phi) is 3.78. The number of likely N-dealkylation sites (N-methyl/N-ethyl adjacent to an activating group) is 1. The van der Waals surface area contributed by atoms with Gasteiger partial charge in [-0.25, -0.2) is 0 Å². The van der Waals surface area contributed by atoms with Crippen molar-refractivity contribution >= 4 is 5.91 Å². The summed E-state index contributed by atoms with van der Waals surface area (Å²) in [6, 6.07) is 7.70. The Morgan fingerprint density at radius 2 is 2.15 bits per heavy atom. The second-order valence-electron chi connectivity index (χ2n) is 5.31. The lowest BCUT2D eigenvalue weighted by molar-refractivity contribution is -0.142. The number of nitrogens with zero attached hydrogens (tertiary/aromatic N) is 1. The first-order valence-electron chi connectivity index (χ1n) is 7.11. The third kappa shape index (κ3) is 2.58. The average Bonchev–Trinajstić information content (AvgIpc) is 2.54. The molecule has 3 rings (SSSR count). The Hall–Kier alpha value is -1.75. The molecule has 1 unspecified atom stereocenters. The number of piperidine rings is 1. The Morgan fingerprint density at radius 1 is 1.35 bits per heavy atom. The van der Waals surface area contributed by atoms with Gasteiger partial charge in [0.1, 0.15) is 6.61 Å². The zero-order valence-corrected chi connectivity index (χ0v) is 11.7. The third-order valence-corrected chi connectivity index (χ3v) is 3.95. The Balaban J connectivity index is 1.66. The Morgan fingerprint density at radius 3 is 2.90 bits per heavy atom. The molecule has 0 aliphatic carbocycles. The first-order chi connectivity index (χ1) is 9.75. The summed E-state index contributed by atoms with van der Waals surface area (Å²) in [6.45, 7) is 2.17. The van der Waals surface area contributed by atoms with Gasteiger partial charge < -0.3 is 19.7 Å². The lowest BCUT2D eigenvalue weighted by atomic mass is 10.1. The molecule has 0 aromatic heterocycles. The summed E-state index contributed by atoms with van der Waals surface area (Å²) in [5, 5.41) is 3.32. The van der Waals surface area contributed by atoms with Crippen molar-refractivity contribution in [3.05, 3.63) is 24.3 Å². The van der Waals surface area contributed by atoms with E-state index in [1.807, 2.05) is 31.3 Å². The fraction of sp³-hybridized carbons (Fsp3) is 0.533. The highest BCUT2D eigenvalue weighted by molar-refractivity contribution is 5.82. The van der Waals surface area contributed by atoms with E-state index in [0.29, 0.717) is 11.5 Å². The predicted octanol–water partition coefficient (Wildman–Crippen LogP) is 1.04. The summed E-state index contributed by atoms with van der Waals surface area (Å²) in [4.78, 5) is 14.3. The number of para-hydroxylation sites is 2. The van der Waals surface area contributed by atoms with Crippen LogP contribution in [0.3, 0.4) is 0 Å². The maximum absolute atomic E-state index is 12.5. The summed E-state index contributed by atoms with van der Waals surface area (Å²) in [5.74, 6) is 1.35. The number of fused-ring (bicyclic) bond motifs is 1. The molecule has 5 nitrogen and oxygen atoms in total. The summed E-state index contributed by atoms with van der Waals surface area (Å²) < 4.78 is 11.4. The van der Waals surface area contributed by atoms with E-state index < -0.39 is 6.10 Å². The minimum absolute atomic E-state index is 0.00629. The molecule has 2 aliphatic rings. The summed E-state index contributed by atoms with van der Waals surface area (Å²) in [5.41, 5.74) is 0. The van der Waals surface area contributed by atoms with Crippen molar-refractivity contribution in [3.63, 3.8) is 0 Å². The van der Waals surface area contributed by atoms with Crippen LogP contribution in [-0.2, 0) is 4.79 Å². The zero-order chi connectivity index (χ0) is 13.9. The Bertz CT molecular complexity index is 486. The molecule has 0 saturated carbocycles. The lowest BCUT2D eigenvalue weighted by Crippen LogP contribution is -2.52. The van der Waals surface area contributed by atoms with Crippen molar-refractivity contribution < 1.29 is 14.3 Å². The number of rotatable bonds is 2. The maximum Gasteiger partial charge on any atom is 0.267 e. The van der Waals surface area contributed by atoms with Crippen LogP contribution in [0.25, 0.3) is 0 Å². The molecule has 20 heavy (non-hydrogen) atoms. The molecule has 1 amide bonds. The highest BCUT2D eigenvalue weighted by Crippen LogP contribution is 2.31. The monoisotopic (exact) mass is 276 g/mol. The van der Waals surface area contributed by atoms with Gasteiger partial charge in [0.25, 0.3) is 5.91 Å². The molecule has 1 aromatic rings. The highest BCUT2D eigenvalue weighted by Gasteiger charge is 2.32. The molecule has 1 N–H and O–H groups in total. The van der Waals surface area contributed by atoms with Crippen LogP contribution >= 0.6 is 0 Å². The largest absolute Gasteiger partial charge is 0.485 e. The number of hydrogen-bond acceptors (Lipinski definition) is 4. The van der Waals surface area contributed by atoms with Crippen LogP contribution in [0.1, 0.15) is 12.8 Å². The smallest absolute Gasteiger partial charge is 0.267 e. The molecule has 2 aliphatic heterocycles. The summed E-state index contributed by atoms with van der Waals surface area (Å²) in [7, 11) is 1.85. The fourth-order valence-electron chi connectivity index (χ4n) is 2.71. The van der Waals surface area contributed by atoms with Gasteiger partial charge in [-0.3, -0.25) is 4.79 Å². The molecule has 1 aromatic carbocycles. The molecule has 0 bridgehead atoms. The Labute approximate surface area is 118 Å². The van der Waals surface area contributed by atoms with Crippen LogP contribution in [0.2, 0.25) is 0 Å². The maximum atomic E-state index is 12.5. The van der Waals surface area contributed by atoms with Gasteiger partial charge in [-0.1, -0.05) is 12.1 Å². The zero-order valence-electron chi connectivity index (χ0n) is 11.7. The van der Waals surface area contributed by atoms with Crippen LogP contribution in [-0.4, -0.2) is 49.7 Å². The molecule has 5 heteroatoms. The van der Waals surface area contributed by atoms with Crippen LogP contribution < -0.4 is 14.8 Å². The second kappa shape index (κ2) is 5.71. The van der Waals surface area contributed by atoms with Gasteiger partial charge in [-0.05, 0) is 31.5 Å². The van der Waals surface area contributed by atoms with Gasteiger partial charge in [-0.2, -0.15) is 0 Å². The topological polar surface area (TPSA) is 50.8 Å². The number of amides is 1. The van der Waals surface area contributed by atoms with Gasteiger partial charge in [-0.15, -0.1) is 0 Å². The van der Waals surface area contributed by atoms with E-state index in [2.05, 4.69) is 5.32 Å². The van der Waals surface area contributed by atoms with E-state index in [4.69, 9.17) is 9.47 Å². The molecular formula is C15H20N2O3. The van der Waals surface area contributed by atoms with Gasteiger partial charge in [0.05, 0.1) is 0 Å². The van der Waals surface area contributed by atoms with Crippen molar-refractivity contribution in [1.29, 1.82) is 0 Å². The van der Waals surface area contributed by atoms with Crippen LogP contribution in [0.15, 0.2) is 24.3 Å². The van der Waals surface area contributed by atoms with E-state index >= 15 is 0 Å². The molecule has 108 valence electrons. The number of nitrogens with one attached hydrogen (secondary N) is 1. The third-order valence-electron chi connectivity index (χ3n) is 3.95. The standard InChI is InChI=1S/C15H20N2O3/c1-17(11-5-4-8-16-9-11)15(18)14-10-19-12-6-2-3-7-13(12)20-14/h2-3,6-7,11,14,16H,4-5,8-10H2,1H3/t11-,14?/m0/s1. The number of hydrogen-bond donors (Lipinski definition) is 1. The molecule has 2 heterocycles. The van der Waals surface area contributed by atoms with E-state index in [-0.39, 0.29) is 18.6 Å². The number of carbonyl (C=O) groups is 1. The van der Waals surface area contributed by atoms with Gasteiger partial charge in [0.15, 0.2) is 11.5 Å². The van der Waals surface area contributed by atoms with Crippen molar-refractivity contribution in [2.45, 2.75) is 25.0 Å². The normalized spacial score (nSPS) is 25.1. The van der Waals surface area contributed by atoms with Gasteiger partial charge >= 0.3 is 0 Å².